The molecule has 2 aromatic carbocycles. The van der Waals surface area contributed by atoms with Crippen molar-refractivity contribution in [3.05, 3.63) is 76.0 Å². The van der Waals surface area contributed by atoms with Gasteiger partial charge in [-0.15, -0.1) is 11.3 Å². The van der Waals surface area contributed by atoms with E-state index in [2.05, 4.69) is 27.3 Å². The number of nitrogens with one attached hydrogen (secondary N) is 1. The van der Waals surface area contributed by atoms with Crippen molar-refractivity contribution in [1.29, 1.82) is 0 Å². The highest BCUT2D eigenvalue weighted by atomic mass is 32.1. The Hall–Kier alpha value is -2.73. The van der Waals surface area contributed by atoms with Crippen molar-refractivity contribution < 1.29 is 9.18 Å². The molecule has 0 atom stereocenters. The van der Waals surface area contributed by atoms with Gasteiger partial charge in [0.25, 0.3) is 0 Å². The van der Waals surface area contributed by atoms with Gasteiger partial charge in [0, 0.05) is 24.9 Å². The lowest BCUT2D eigenvalue weighted by atomic mass is 10.1. The van der Waals surface area contributed by atoms with E-state index in [1.807, 2.05) is 23.6 Å². The molecule has 1 saturated heterocycles. The molecule has 29 heavy (non-hydrogen) atoms. The largest absolute Gasteiger partial charge is 0.370 e. The summed E-state index contributed by atoms with van der Waals surface area (Å²) in [4.78, 5) is 19.4. The number of carbonyl (C=O) groups excluding carboxylic acids is 1. The number of amides is 1. The van der Waals surface area contributed by atoms with Crippen molar-refractivity contribution in [2.45, 2.75) is 32.1 Å². The van der Waals surface area contributed by atoms with Crippen LogP contribution in [-0.4, -0.2) is 24.0 Å². The van der Waals surface area contributed by atoms with Crippen LogP contribution in [0.1, 0.15) is 35.5 Å². The molecule has 150 valence electrons. The number of nitrogens with zero attached hydrogens (tertiary/aromatic N) is 2. The number of rotatable bonds is 6. The average molecular weight is 410 g/mol. The van der Waals surface area contributed by atoms with Crippen molar-refractivity contribution in [2.24, 2.45) is 0 Å². The molecule has 0 aliphatic carbocycles. The number of anilines is 2. The van der Waals surface area contributed by atoms with E-state index < -0.39 is 0 Å². The molecular weight excluding hydrogens is 385 g/mol. The third-order valence-electron chi connectivity index (χ3n) is 5.07. The minimum absolute atomic E-state index is 0.176. The van der Waals surface area contributed by atoms with Gasteiger partial charge in [0.15, 0.2) is 0 Å². The van der Waals surface area contributed by atoms with Crippen LogP contribution in [0.3, 0.4) is 0 Å². The first-order valence-electron chi connectivity index (χ1n) is 9.99. The molecule has 0 bridgehead atoms. The normalized spacial score (nSPS) is 14.0. The van der Waals surface area contributed by atoms with Gasteiger partial charge in [-0.05, 0) is 43.0 Å². The first kappa shape index (κ1) is 19.6. The summed E-state index contributed by atoms with van der Waals surface area (Å²) in [6.45, 7) is 1.87. The van der Waals surface area contributed by atoms with E-state index in [0.29, 0.717) is 5.69 Å². The van der Waals surface area contributed by atoms with Gasteiger partial charge in [-0.3, -0.25) is 4.79 Å². The van der Waals surface area contributed by atoms with Crippen molar-refractivity contribution in [3.8, 4) is 0 Å². The molecule has 6 heteroatoms. The second-order valence-electron chi connectivity index (χ2n) is 7.33. The molecule has 1 fully saturated rings. The standard InChI is InChI=1S/C23H24FN3OS/c24-18-9-10-21(27-11-5-2-6-12-27)20(14-18)26-22(28)15-19-16-29-23(25-19)13-17-7-3-1-4-8-17/h1,3-4,7-10,14,16H,2,5-6,11-13,15H2,(H,26,28). The van der Waals surface area contributed by atoms with Crippen LogP contribution in [0.5, 0.6) is 0 Å². The van der Waals surface area contributed by atoms with E-state index in [1.165, 1.54) is 24.1 Å². The number of halogens is 1. The van der Waals surface area contributed by atoms with E-state index in [9.17, 15) is 9.18 Å². The summed E-state index contributed by atoms with van der Waals surface area (Å²) in [5.41, 5.74) is 3.37. The Kier molecular flexibility index (Phi) is 6.20. The molecule has 4 nitrogen and oxygen atoms in total. The maximum absolute atomic E-state index is 13.8. The van der Waals surface area contributed by atoms with Gasteiger partial charge in [-0.25, -0.2) is 9.37 Å². The molecule has 0 spiro atoms. The minimum atomic E-state index is -0.347. The summed E-state index contributed by atoms with van der Waals surface area (Å²) in [5, 5.41) is 5.81. The summed E-state index contributed by atoms with van der Waals surface area (Å²) in [6, 6.07) is 14.8. The highest BCUT2D eigenvalue weighted by Crippen LogP contribution is 2.29. The SMILES string of the molecule is O=C(Cc1csc(Cc2ccccc2)n1)Nc1cc(F)ccc1N1CCCCC1. The van der Waals surface area contributed by atoms with Crippen molar-refractivity contribution >= 4 is 28.6 Å². The monoisotopic (exact) mass is 409 g/mol. The number of aromatic nitrogens is 1. The van der Waals surface area contributed by atoms with Gasteiger partial charge in [-0.1, -0.05) is 30.3 Å². The fraction of sp³-hybridized carbons (Fsp3) is 0.304. The first-order valence-corrected chi connectivity index (χ1v) is 10.9. The lowest BCUT2D eigenvalue weighted by Crippen LogP contribution is -2.30. The van der Waals surface area contributed by atoms with Crippen LogP contribution in [0.15, 0.2) is 53.9 Å². The molecule has 1 aliphatic heterocycles. The fourth-order valence-electron chi connectivity index (χ4n) is 3.66. The Bertz CT molecular complexity index is 967. The Morgan fingerprint density at radius 3 is 2.69 bits per heavy atom. The molecule has 1 N–H and O–H groups in total. The Balaban J connectivity index is 1.42. The lowest BCUT2D eigenvalue weighted by Gasteiger charge is -2.30. The fourth-order valence-corrected chi connectivity index (χ4v) is 4.49. The minimum Gasteiger partial charge on any atom is -0.370 e. The Morgan fingerprint density at radius 2 is 1.90 bits per heavy atom. The zero-order valence-electron chi connectivity index (χ0n) is 16.2. The molecule has 1 amide bonds. The molecule has 0 saturated carbocycles. The van der Waals surface area contributed by atoms with Gasteiger partial charge >= 0.3 is 0 Å². The number of carbonyl (C=O) groups is 1. The molecule has 3 aromatic rings. The predicted molar refractivity (Wildman–Crippen MR) is 116 cm³/mol. The smallest absolute Gasteiger partial charge is 0.230 e. The number of hydrogen-bond donors (Lipinski definition) is 1. The van der Waals surface area contributed by atoms with Gasteiger partial charge in [0.2, 0.25) is 5.91 Å². The number of benzene rings is 2. The summed E-state index contributed by atoms with van der Waals surface area (Å²) in [6.07, 6.45) is 4.40. The lowest BCUT2D eigenvalue weighted by molar-refractivity contribution is -0.115. The maximum atomic E-state index is 13.8. The quantitative estimate of drug-likeness (QED) is 0.620. The highest BCUT2D eigenvalue weighted by Gasteiger charge is 2.17. The predicted octanol–water partition coefficient (Wildman–Crippen LogP) is 5.04. The molecule has 1 aliphatic rings. The second-order valence-corrected chi connectivity index (χ2v) is 8.27. The van der Waals surface area contributed by atoms with E-state index in [0.717, 1.165) is 48.7 Å². The van der Waals surface area contributed by atoms with Gasteiger partial charge in [-0.2, -0.15) is 0 Å². The molecule has 1 aromatic heterocycles. The molecular formula is C23H24FN3OS. The molecule has 2 heterocycles. The number of thiazole rings is 1. The van der Waals surface area contributed by atoms with Gasteiger partial charge in [0.1, 0.15) is 5.82 Å². The molecule has 0 radical (unpaired) electrons. The highest BCUT2D eigenvalue weighted by molar-refractivity contribution is 7.09. The third-order valence-corrected chi connectivity index (χ3v) is 5.97. The summed E-state index contributed by atoms with van der Waals surface area (Å²) >= 11 is 1.56. The van der Waals surface area contributed by atoms with E-state index in [4.69, 9.17) is 0 Å². The zero-order chi connectivity index (χ0) is 20.1. The van der Waals surface area contributed by atoms with Crippen LogP contribution in [-0.2, 0) is 17.6 Å². The first-order chi connectivity index (χ1) is 14.2. The van der Waals surface area contributed by atoms with Crippen molar-refractivity contribution in [1.82, 2.24) is 4.98 Å². The van der Waals surface area contributed by atoms with E-state index in [1.54, 1.807) is 17.4 Å². The Morgan fingerprint density at radius 1 is 1.10 bits per heavy atom. The topological polar surface area (TPSA) is 45.2 Å². The van der Waals surface area contributed by atoms with E-state index >= 15 is 0 Å². The summed E-state index contributed by atoms with van der Waals surface area (Å²) in [7, 11) is 0. The Labute approximate surface area is 174 Å². The van der Waals surface area contributed by atoms with Crippen LogP contribution in [0.25, 0.3) is 0 Å². The zero-order valence-corrected chi connectivity index (χ0v) is 17.1. The second kappa shape index (κ2) is 9.18. The van der Waals surface area contributed by atoms with Crippen LogP contribution >= 0.6 is 11.3 Å². The van der Waals surface area contributed by atoms with Gasteiger partial charge in [0.05, 0.1) is 28.5 Å². The van der Waals surface area contributed by atoms with Crippen molar-refractivity contribution in [2.75, 3.05) is 23.3 Å². The molecule has 4 rings (SSSR count). The number of piperidine rings is 1. The van der Waals surface area contributed by atoms with Crippen LogP contribution in [0.4, 0.5) is 15.8 Å². The van der Waals surface area contributed by atoms with Crippen LogP contribution in [0, 0.1) is 5.82 Å². The van der Waals surface area contributed by atoms with Crippen LogP contribution < -0.4 is 10.2 Å². The van der Waals surface area contributed by atoms with Crippen LogP contribution in [0.2, 0.25) is 0 Å². The summed E-state index contributed by atoms with van der Waals surface area (Å²) < 4.78 is 13.8. The third kappa shape index (κ3) is 5.21. The average Bonchev–Trinajstić information content (AvgIpc) is 3.16. The van der Waals surface area contributed by atoms with Crippen molar-refractivity contribution in [3.63, 3.8) is 0 Å². The molecule has 0 unspecified atom stereocenters. The van der Waals surface area contributed by atoms with E-state index in [-0.39, 0.29) is 18.1 Å². The van der Waals surface area contributed by atoms with Gasteiger partial charge < -0.3 is 10.2 Å². The number of hydrogen-bond acceptors (Lipinski definition) is 4. The maximum Gasteiger partial charge on any atom is 0.230 e. The summed E-state index contributed by atoms with van der Waals surface area (Å²) in [5.74, 6) is -0.523.